The predicted molar refractivity (Wildman–Crippen MR) is 112 cm³/mol. The van der Waals surface area contributed by atoms with Gasteiger partial charge < -0.3 is 4.74 Å². The van der Waals surface area contributed by atoms with Crippen LogP contribution in [0.15, 0.2) is 48.5 Å². The van der Waals surface area contributed by atoms with Crippen LogP contribution in [0.5, 0.6) is 5.75 Å². The lowest BCUT2D eigenvalue weighted by atomic mass is 10.0. The number of halogens is 7. The number of benzene rings is 3. The van der Waals surface area contributed by atoms with Crippen LogP contribution in [0.1, 0.15) is 55.7 Å². The fraction of sp³-hybridized carbons (Fsp3) is 0.360. The van der Waals surface area contributed by atoms with Crippen LogP contribution in [-0.2, 0) is 18.7 Å². The molecule has 0 aromatic heterocycles. The SMILES string of the molecule is CCCCCCCc1ccc(C(F)(F)Oc2ccc3c(F)c(C(F)(F)F)ccc3c2)c(F)c1. The summed E-state index contributed by atoms with van der Waals surface area (Å²) < 4.78 is 101. The molecule has 0 unspecified atom stereocenters. The molecule has 0 aliphatic rings. The van der Waals surface area contributed by atoms with Gasteiger partial charge in [-0.3, -0.25) is 0 Å². The van der Waals surface area contributed by atoms with E-state index in [2.05, 4.69) is 11.7 Å². The van der Waals surface area contributed by atoms with Crippen LogP contribution in [0.2, 0.25) is 0 Å². The summed E-state index contributed by atoms with van der Waals surface area (Å²) in [6.45, 7) is 2.09. The van der Waals surface area contributed by atoms with Crippen molar-refractivity contribution in [2.24, 2.45) is 0 Å². The summed E-state index contributed by atoms with van der Waals surface area (Å²) in [6.07, 6.45) is -3.28. The molecule has 33 heavy (non-hydrogen) atoms. The van der Waals surface area contributed by atoms with Gasteiger partial charge in [-0.25, -0.2) is 8.78 Å². The quantitative estimate of drug-likeness (QED) is 0.223. The highest BCUT2D eigenvalue weighted by Gasteiger charge is 2.38. The molecule has 0 fully saturated rings. The minimum absolute atomic E-state index is 0.0623. The van der Waals surface area contributed by atoms with Gasteiger partial charge in [0.05, 0.1) is 11.1 Å². The molecule has 0 aliphatic carbocycles. The number of aryl methyl sites for hydroxylation is 1. The van der Waals surface area contributed by atoms with Crippen molar-refractivity contribution in [2.75, 3.05) is 0 Å². The molecule has 0 N–H and O–H groups in total. The third-order valence-electron chi connectivity index (χ3n) is 5.39. The number of hydrogen-bond donors (Lipinski definition) is 0. The fourth-order valence-electron chi connectivity index (χ4n) is 3.64. The van der Waals surface area contributed by atoms with Crippen LogP contribution in [0, 0.1) is 11.6 Å². The van der Waals surface area contributed by atoms with Crippen LogP contribution < -0.4 is 4.74 Å². The highest BCUT2D eigenvalue weighted by atomic mass is 19.4. The van der Waals surface area contributed by atoms with Crippen LogP contribution in [0.4, 0.5) is 30.7 Å². The zero-order chi connectivity index (χ0) is 24.2. The molecule has 0 saturated heterocycles. The van der Waals surface area contributed by atoms with Gasteiger partial charge in [0.2, 0.25) is 0 Å². The first-order valence-corrected chi connectivity index (χ1v) is 10.7. The Bertz CT molecular complexity index is 1110. The monoisotopic (exact) mass is 472 g/mol. The van der Waals surface area contributed by atoms with E-state index in [0.29, 0.717) is 18.1 Å². The van der Waals surface area contributed by atoms with Gasteiger partial charge in [-0.05, 0) is 60.2 Å². The van der Waals surface area contributed by atoms with Gasteiger partial charge in [0.25, 0.3) is 0 Å². The molecule has 0 amide bonds. The molecule has 1 nitrogen and oxygen atoms in total. The Balaban J connectivity index is 1.77. The van der Waals surface area contributed by atoms with Crippen molar-refractivity contribution in [1.29, 1.82) is 0 Å². The molecule has 3 aromatic rings. The number of ether oxygens (including phenoxy) is 1. The van der Waals surface area contributed by atoms with E-state index < -0.39 is 46.2 Å². The summed E-state index contributed by atoms with van der Waals surface area (Å²) in [5.74, 6) is -3.06. The van der Waals surface area contributed by atoms with Crippen LogP contribution in [-0.4, -0.2) is 0 Å². The van der Waals surface area contributed by atoms with E-state index >= 15 is 0 Å². The second-order valence-electron chi connectivity index (χ2n) is 7.91. The van der Waals surface area contributed by atoms with Crippen LogP contribution in [0.25, 0.3) is 10.8 Å². The van der Waals surface area contributed by atoms with Crippen LogP contribution in [0.3, 0.4) is 0 Å². The van der Waals surface area contributed by atoms with Gasteiger partial charge in [-0.15, -0.1) is 0 Å². The van der Waals surface area contributed by atoms with Gasteiger partial charge in [0.15, 0.2) is 0 Å². The molecule has 178 valence electrons. The maximum Gasteiger partial charge on any atom is 0.429 e. The van der Waals surface area contributed by atoms with E-state index in [4.69, 9.17) is 0 Å². The number of rotatable bonds is 9. The molecule has 0 heterocycles. The largest absolute Gasteiger partial charge is 0.429 e. The first kappa shape index (κ1) is 24.9. The Morgan fingerprint density at radius 1 is 0.758 bits per heavy atom. The molecule has 0 bridgehead atoms. The minimum Gasteiger partial charge on any atom is -0.429 e. The number of hydrogen-bond acceptors (Lipinski definition) is 1. The van der Waals surface area contributed by atoms with E-state index in [0.717, 1.165) is 68.5 Å². The second-order valence-corrected chi connectivity index (χ2v) is 7.91. The van der Waals surface area contributed by atoms with Crippen molar-refractivity contribution in [3.8, 4) is 5.75 Å². The van der Waals surface area contributed by atoms with Crippen molar-refractivity contribution >= 4 is 10.8 Å². The molecule has 0 radical (unpaired) electrons. The molecule has 3 aromatic carbocycles. The Labute approximate surface area is 187 Å². The van der Waals surface area contributed by atoms with E-state index in [1.807, 2.05) is 0 Å². The van der Waals surface area contributed by atoms with Gasteiger partial charge in [0, 0.05) is 5.39 Å². The molecular formula is C25H23F7O. The van der Waals surface area contributed by atoms with Gasteiger partial charge in [-0.2, -0.15) is 22.0 Å². The Kier molecular flexibility index (Phi) is 7.55. The first-order chi connectivity index (χ1) is 15.5. The number of alkyl halides is 5. The fourth-order valence-corrected chi connectivity index (χ4v) is 3.64. The summed E-state index contributed by atoms with van der Waals surface area (Å²) in [5.41, 5.74) is -1.82. The molecule has 0 spiro atoms. The van der Waals surface area contributed by atoms with Gasteiger partial charge in [-0.1, -0.05) is 44.7 Å². The third kappa shape index (κ3) is 5.97. The van der Waals surface area contributed by atoms with Gasteiger partial charge >= 0.3 is 12.3 Å². The van der Waals surface area contributed by atoms with Crippen molar-refractivity contribution in [3.05, 3.63) is 76.9 Å². The standard InChI is InChI=1S/C25H23F7O/c1-2-3-4-5-6-7-16-8-12-20(22(26)14-16)25(31,32)33-18-10-11-19-17(15-18)9-13-21(23(19)27)24(28,29)30/h8-15H,2-7H2,1H3. The third-order valence-corrected chi connectivity index (χ3v) is 5.39. The Morgan fingerprint density at radius 3 is 2.12 bits per heavy atom. The van der Waals surface area contributed by atoms with Crippen LogP contribution >= 0.6 is 0 Å². The topological polar surface area (TPSA) is 9.23 Å². The number of fused-ring (bicyclic) bond motifs is 1. The number of unbranched alkanes of at least 4 members (excludes halogenated alkanes) is 4. The Morgan fingerprint density at radius 2 is 1.45 bits per heavy atom. The molecule has 3 rings (SSSR count). The first-order valence-electron chi connectivity index (χ1n) is 10.7. The molecule has 0 aliphatic heterocycles. The lowest BCUT2D eigenvalue weighted by Gasteiger charge is -2.20. The summed E-state index contributed by atoms with van der Waals surface area (Å²) in [4.78, 5) is 0. The minimum atomic E-state index is -4.89. The van der Waals surface area contributed by atoms with Crippen molar-refractivity contribution in [3.63, 3.8) is 0 Å². The van der Waals surface area contributed by atoms with E-state index in [1.165, 1.54) is 6.07 Å². The molecular weight excluding hydrogens is 449 g/mol. The molecule has 0 atom stereocenters. The maximum atomic E-state index is 14.6. The zero-order valence-electron chi connectivity index (χ0n) is 17.9. The van der Waals surface area contributed by atoms with E-state index in [9.17, 15) is 30.7 Å². The lowest BCUT2D eigenvalue weighted by molar-refractivity contribution is -0.187. The van der Waals surface area contributed by atoms with E-state index in [1.54, 1.807) is 0 Å². The average Bonchev–Trinajstić information content (AvgIpc) is 2.72. The zero-order valence-corrected chi connectivity index (χ0v) is 17.9. The van der Waals surface area contributed by atoms with E-state index in [-0.39, 0.29) is 5.39 Å². The lowest BCUT2D eigenvalue weighted by Crippen LogP contribution is -2.23. The summed E-state index contributed by atoms with van der Waals surface area (Å²) in [7, 11) is 0. The molecule has 0 saturated carbocycles. The molecule has 8 heteroatoms. The Hall–Kier alpha value is -2.77. The summed E-state index contributed by atoms with van der Waals surface area (Å²) in [6, 6.07) is 7.75. The van der Waals surface area contributed by atoms with Gasteiger partial charge in [0.1, 0.15) is 17.4 Å². The normalized spacial score (nSPS) is 12.4. The maximum absolute atomic E-state index is 14.6. The van der Waals surface area contributed by atoms with Crippen molar-refractivity contribution < 1.29 is 35.5 Å². The average molecular weight is 472 g/mol. The smallest absolute Gasteiger partial charge is 0.429 e. The summed E-state index contributed by atoms with van der Waals surface area (Å²) in [5, 5.41) is -0.456. The highest BCUT2D eigenvalue weighted by molar-refractivity contribution is 5.85. The predicted octanol–water partition coefficient (Wildman–Crippen LogP) is 8.78. The summed E-state index contributed by atoms with van der Waals surface area (Å²) >= 11 is 0. The second kappa shape index (κ2) is 10.0. The van der Waals surface area contributed by atoms with Crippen molar-refractivity contribution in [1.82, 2.24) is 0 Å². The van der Waals surface area contributed by atoms with Crippen molar-refractivity contribution in [2.45, 2.75) is 57.7 Å². The highest BCUT2D eigenvalue weighted by Crippen LogP contribution is 2.38.